The molecule has 2 aliphatic heterocycles. The first kappa shape index (κ1) is 23.1. The molecule has 2 atom stereocenters. The van der Waals surface area contributed by atoms with Crippen molar-refractivity contribution in [1.82, 2.24) is 14.8 Å². The van der Waals surface area contributed by atoms with Crippen molar-refractivity contribution in [1.29, 1.82) is 0 Å². The smallest absolute Gasteiger partial charge is 0.337 e. The van der Waals surface area contributed by atoms with Crippen LogP contribution in [0.1, 0.15) is 65.8 Å². The first-order chi connectivity index (χ1) is 17.0. The molecule has 5 rings (SSSR count). The molecular weight excluding hydrogens is 442 g/mol. The Morgan fingerprint density at radius 3 is 2.57 bits per heavy atom. The third kappa shape index (κ3) is 4.09. The second kappa shape index (κ2) is 9.56. The number of unbranched alkanes of at least 4 members (excludes halogenated alkanes) is 3. The van der Waals surface area contributed by atoms with Crippen LogP contribution in [-0.4, -0.2) is 58.8 Å². The highest BCUT2D eigenvalue weighted by Gasteiger charge is 2.48. The highest BCUT2D eigenvalue weighted by molar-refractivity contribution is 5.97. The Morgan fingerprint density at radius 1 is 1.06 bits per heavy atom. The normalized spacial score (nSPS) is 19.6. The highest BCUT2D eigenvalue weighted by Crippen LogP contribution is 2.42. The standard InChI is InChI=1S/C28H31N3O4/c1-3-4-5-8-15-30-17-24(32)31-23(27(30)33)16-21-20-9-6-7-10-22(20)29-25(21)26(31)18-11-13-19(14-12-18)28(34)35-2/h6-7,9-14,23,26,29H,3-5,8,15-17H2,1-2H3. The number of carbonyl (C=O) groups excluding carboxylic acids is 3. The van der Waals surface area contributed by atoms with Gasteiger partial charge in [-0.3, -0.25) is 9.59 Å². The van der Waals surface area contributed by atoms with Gasteiger partial charge in [0.05, 0.1) is 25.3 Å². The van der Waals surface area contributed by atoms with E-state index < -0.39 is 18.1 Å². The molecule has 0 saturated carbocycles. The zero-order chi connectivity index (χ0) is 24.5. The van der Waals surface area contributed by atoms with E-state index in [2.05, 4.69) is 18.0 Å². The Balaban J connectivity index is 1.55. The second-order valence-electron chi connectivity index (χ2n) is 9.42. The third-order valence-electron chi connectivity index (χ3n) is 7.27. The summed E-state index contributed by atoms with van der Waals surface area (Å²) in [5.41, 5.74) is 4.31. The maximum Gasteiger partial charge on any atom is 0.337 e. The predicted octanol–water partition coefficient (Wildman–Crippen LogP) is 4.22. The highest BCUT2D eigenvalue weighted by atomic mass is 16.5. The van der Waals surface area contributed by atoms with Gasteiger partial charge in [0.1, 0.15) is 6.04 Å². The summed E-state index contributed by atoms with van der Waals surface area (Å²) in [5, 5.41) is 1.08. The number of para-hydroxylation sites is 1. The molecule has 1 saturated heterocycles. The number of aromatic nitrogens is 1. The second-order valence-corrected chi connectivity index (χ2v) is 9.42. The van der Waals surface area contributed by atoms with Gasteiger partial charge >= 0.3 is 5.97 Å². The summed E-state index contributed by atoms with van der Waals surface area (Å²) in [7, 11) is 1.35. The number of hydrogen-bond donors (Lipinski definition) is 1. The number of piperazine rings is 1. The minimum atomic E-state index is -0.542. The maximum absolute atomic E-state index is 13.7. The Labute approximate surface area is 205 Å². The van der Waals surface area contributed by atoms with Gasteiger partial charge in [-0.15, -0.1) is 0 Å². The van der Waals surface area contributed by atoms with Gasteiger partial charge in [-0.05, 0) is 35.7 Å². The molecular formula is C28H31N3O4. The number of fused-ring (bicyclic) bond motifs is 4. The van der Waals surface area contributed by atoms with Gasteiger partial charge in [0.25, 0.3) is 0 Å². The van der Waals surface area contributed by atoms with Gasteiger partial charge in [-0.2, -0.15) is 0 Å². The Kier molecular flexibility index (Phi) is 6.32. The van der Waals surface area contributed by atoms with E-state index in [9.17, 15) is 14.4 Å². The number of amides is 2. The molecule has 2 amide bonds. The van der Waals surface area contributed by atoms with Crippen LogP contribution in [0, 0.1) is 0 Å². The Hall–Kier alpha value is -3.61. The van der Waals surface area contributed by atoms with Gasteiger partial charge in [0.2, 0.25) is 11.8 Å². The predicted molar refractivity (Wildman–Crippen MR) is 133 cm³/mol. The number of aromatic amines is 1. The summed E-state index contributed by atoms with van der Waals surface area (Å²) < 4.78 is 4.83. The number of H-pyrrole nitrogens is 1. The van der Waals surface area contributed by atoms with E-state index in [1.54, 1.807) is 21.9 Å². The van der Waals surface area contributed by atoms with E-state index in [0.29, 0.717) is 18.5 Å². The molecule has 0 radical (unpaired) electrons. The summed E-state index contributed by atoms with van der Waals surface area (Å²) in [4.78, 5) is 46.2. The quantitative estimate of drug-likeness (QED) is 0.411. The van der Waals surface area contributed by atoms with Gasteiger partial charge < -0.3 is 19.5 Å². The largest absolute Gasteiger partial charge is 0.465 e. The average molecular weight is 474 g/mol. The van der Waals surface area contributed by atoms with Crippen LogP contribution in [0.3, 0.4) is 0 Å². The number of ether oxygens (including phenoxy) is 1. The molecule has 35 heavy (non-hydrogen) atoms. The van der Waals surface area contributed by atoms with E-state index in [1.165, 1.54) is 7.11 Å². The number of hydrogen-bond acceptors (Lipinski definition) is 4. The topological polar surface area (TPSA) is 82.7 Å². The lowest BCUT2D eigenvalue weighted by Gasteiger charge is -2.47. The van der Waals surface area contributed by atoms with E-state index in [-0.39, 0.29) is 18.4 Å². The molecule has 0 bridgehead atoms. The van der Waals surface area contributed by atoms with E-state index in [0.717, 1.165) is 53.4 Å². The number of nitrogens with one attached hydrogen (secondary N) is 1. The minimum absolute atomic E-state index is 0.0215. The van der Waals surface area contributed by atoms with Crippen LogP contribution >= 0.6 is 0 Å². The molecule has 3 aromatic rings. The van der Waals surface area contributed by atoms with Gasteiger partial charge in [-0.1, -0.05) is 56.5 Å². The zero-order valence-corrected chi connectivity index (χ0v) is 20.3. The number of rotatable bonds is 7. The van der Waals surface area contributed by atoms with Crippen LogP contribution in [0.15, 0.2) is 48.5 Å². The minimum Gasteiger partial charge on any atom is -0.465 e. The summed E-state index contributed by atoms with van der Waals surface area (Å²) >= 11 is 0. The van der Waals surface area contributed by atoms with Crippen LogP contribution in [0.25, 0.3) is 10.9 Å². The zero-order valence-electron chi connectivity index (χ0n) is 20.3. The fourth-order valence-electron chi connectivity index (χ4n) is 5.51. The molecule has 1 fully saturated rings. The summed E-state index contributed by atoms with van der Waals surface area (Å²) in [6, 6.07) is 14.2. The van der Waals surface area contributed by atoms with Crippen LogP contribution in [0.5, 0.6) is 0 Å². The van der Waals surface area contributed by atoms with Crippen molar-refractivity contribution < 1.29 is 19.1 Å². The number of benzene rings is 2. The monoisotopic (exact) mass is 473 g/mol. The maximum atomic E-state index is 13.7. The summed E-state index contributed by atoms with van der Waals surface area (Å²) in [6.45, 7) is 2.88. The van der Waals surface area contributed by atoms with Crippen molar-refractivity contribution in [2.45, 2.75) is 51.1 Å². The number of esters is 1. The summed E-state index contributed by atoms with van der Waals surface area (Å²) in [5.74, 6) is -0.433. The fraction of sp³-hybridized carbons (Fsp3) is 0.393. The molecule has 1 aromatic heterocycles. The van der Waals surface area contributed by atoms with Crippen LogP contribution in [-0.2, 0) is 20.7 Å². The van der Waals surface area contributed by atoms with Crippen molar-refractivity contribution in [3.63, 3.8) is 0 Å². The molecule has 182 valence electrons. The molecule has 0 aliphatic carbocycles. The van der Waals surface area contributed by atoms with Crippen molar-refractivity contribution >= 4 is 28.7 Å². The first-order valence-corrected chi connectivity index (χ1v) is 12.4. The van der Waals surface area contributed by atoms with E-state index >= 15 is 0 Å². The van der Waals surface area contributed by atoms with Gasteiger partial charge in [-0.25, -0.2) is 4.79 Å². The number of methoxy groups -OCH3 is 1. The van der Waals surface area contributed by atoms with Crippen LogP contribution < -0.4 is 0 Å². The Bertz CT molecular complexity index is 1260. The van der Waals surface area contributed by atoms with Crippen molar-refractivity contribution in [2.75, 3.05) is 20.2 Å². The van der Waals surface area contributed by atoms with Crippen molar-refractivity contribution in [2.24, 2.45) is 0 Å². The van der Waals surface area contributed by atoms with E-state index in [1.807, 2.05) is 30.3 Å². The number of nitrogens with zero attached hydrogens (tertiary/aromatic N) is 2. The molecule has 2 unspecified atom stereocenters. The Morgan fingerprint density at radius 2 is 1.83 bits per heavy atom. The van der Waals surface area contributed by atoms with Crippen molar-refractivity contribution in [3.8, 4) is 0 Å². The molecule has 3 heterocycles. The first-order valence-electron chi connectivity index (χ1n) is 12.4. The lowest BCUT2D eigenvalue weighted by Crippen LogP contribution is -2.63. The van der Waals surface area contributed by atoms with Gasteiger partial charge in [0, 0.05) is 29.6 Å². The van der Waals surface area contributed by atoms with E-state index in [4.69, 9.17) is 4.74 Å². The molecule has 2 aromatic carbocycles. The molecule has 0 spiro atoms. The molecule has 2 aliphatic rings. The average Bonchev–Trinajstić information content (AvgIpc) is 3.26. The molecule has 7 nitrogen and oxygen atoms in total. The third-order valence-corrected chi connectivity index (χ3v) is 7.27. The lowest BCUT2D eigenvalue weighted by molar-refractivity contribution is -0.158. The fourth-order valence-corrected chi connectivity index (χ4v) is 5.51. The van der Waals surface area contributed by atoms with Crippen LogP contribution in [0.2, 0.25) is 0 Å². The van der Waals surface area contributed by atoms with Gasteiger partial charge in [0.15, 0.2) is 0 Å². The van der Waals surface area contributed by atoms with Crippen molar-refractivity contribution in [3.05, 3.63) is 70.9 Å². The van der Waals surface area contributed by atoms with Crippen LogP contribution in [0.4, 0.5) is 0 Å². The molecule has 7 heteroatoms. The molecule has 1 N–H and O–H groups in total. The SMILES string of the molecule is CCCCCCN1CC(=O)N2C(Cc3c([nH]c4ccccc34)C2c2ccc(C(=O)OC)cc2)C1=O. The lowest BCUT2D eigenvalue weighted by atomic mass is 9.86. The number of carbonyl (C=O) groups is 3. The summed E-state index contributed by atoms with van der Waals surface area (Å²) in [6.07, 6.45) is 4.73.